The minimum atomic E-state index is -0.334. The molecular weight excluding hydrogens is 304 g/mol. The first-order valence-corrected chi connectivity index (χ1v) is 7.91. The molecule has 2 aromatic carbocycles. The lowest BCUT2D eigenvalue weighted by molar-refractivity contribution is -0.120. The summed E-state index contributed by atoms with van der Waals surface area (Å²) < 4.78 is 0. The van der Waals surface area contributed by atoms with Crippen molar-refractivity contribution in [3.8, 4) is 0 Å². The molecule has 3 rings (SSSR count). The minimum Gasteiger partial charge on any atom is -0.352 e. The Morgan fingerprint density at radius 2 is 1.42 bits per heavy atom. The molecule has 0 aliphatic heterocycles. The van der Waals surface area contributed by atoms with Crippen LogP contribution in [0.2, 0.25) is 0 Å². The fraction of sp³-hybridized carbons (Fsp3) is 0.211. The Hall–Kier alpha value is -2.95. The highest BCUT2D eigenvalue weighted by atomic mass is 16.2. The van der Waals surface area contributed by atoms with Crippen molar-refractivity contribution in [2.75, 3.05) is 6.54 Å². The molecule has 2 amide bonds. The summed E-state index contributed by atoms with van der Waals surface area (Å²) in [4.78, 5) is 35.9. The highest BCUT2D eigenvalue weighted by Gasteiger charge is 2.23. The Morgan fingerprint density at radius 1 is 0.833 bits per heavy atom. The Balaban J connectivity index is 1.58. The maximum absolute atomic E-state index is 12.3. The first kappa shape index (κ1) is 15.9. The van der Waals surface area contributed by atoms with Crippen LogP contribution in [-0.4, -0.2) is 30.2 Å². The van der Waals surface area contributed by atoms with Crippen LogP contribution in [0.25, 0.3) is 0 Å². The molecule has 0 saturated heterocycles. The number of amides is 2. The van der Waals surface area contributed by atoms with Gasteiger partial charge in [-0.05, 0) is 25.0 Å². The fourth-order valence-electron chi connectivity index (χ4n) is 2.30. The molecule has 0 radical (unpaired) electrons. The van der Waals surface area contributed by atoms with Crippen molar-refractivity contribution in [3.63, 3.8) is 0 Å². The van der Waals surface area contributed by atoms with Crippen molar-refractivity contribution in [3.05, 3.63) is 71.3 Å². The first-order chi connectivity index (χ1) is 11.6. The number of benzene rings is 2. The second kappa shape index (κ2) is 7.08. The van der Waals surface area contributed by atoms with E-state index in [2.05, 4.69) is 10.6 Å². The Kier molecular flexibility index (Phi) is 4.70. The molecule has 24 heavy (non-hydrogen) atoms. The number of carbonyl (C=O) groups excluding carboxylic acids is 3. The van der Waals surface area contributed by atoms with Crippen LogP contribution in [0.15, 0.2) is 54.6 Å². The van der Waals surface area contributed by atoms with E-state index in [9.17, 15) is 14.4 Å². The molecule has 0 aromatic heterocycles. The molecule has 0 spiro atoms. The van der Waals surface area contributed by atoms with E-state index in [4.69, 9.17) is 0 Å². The SMILES string of the molecule is O=C(CNC(=O)c1ccc(C(=O)c2ccccc2)cc1)NC1CC1. The van der Waals surface area contributed by atoms with E-state index in [0.717, 1.165) is 12.8 Å². The Labute approximate surface area is 140 Å². The minimum absolute atomic E-state index is 0.0416. The van der Waals surface area contributed by atoms with E-state index < -0.39 is 0 Å². The zero-order chi connectivity index (χ0) is 16.9. The quantitative estimate of drug-likeness (QED) is 0.798. The van der Waals surface area contributed by atoms with Crippen LogP contribution in [-0.2, 0) is 4.79 Å². The molecular formula is C19H18N2O3. The van der Waals surface area contributed by atoms with Crippen LogP contribution in [0.3, 0.4) is 0 Å². The summed E-state index contributed by atoms with van der Waals surface area (Å²) in [6.45, 7) is -0.0416. The van der Waals surface area contributed by atoms with E-state index in [0.29, 0.717) is 16.7 Å². The second-order valence-electron chi connectivity index (χ2n) is 5.80. The Bertz CT molecular complexity index is 750. The van der Waals surface area contributed by atoms with Crippen LogP contribution in [0.1, 0.15) is 39.1 Å². The van der Waals surface area contributed by atoms with Crippen LogP contribution >= 0.6 is 0 Å². The molecule has 122 valence electrons. The number of hydrogen-bond donors (Lipinski definition) is 2. The molecule has 5 nitrogen and oxygen atoms in total. The summed E-state index contributed by atoms with van der Waals surface area (Å²) in [5, 5.41) is 5.38. The van der Waals surface area contributed by atoms with Gasteiger partial charge in [0.1, 0.15) is 0 Å². The van der Waals surface area contributed by atoms with Crippen molar-refractivity contribution in [2.45, 2.75) is 18.9 Å². The van der Waals surface area contributed by atoms with Crippen LogP contribution in [0, 0.1) is 0 Å². The van der Waals surface area contributed by atoms with Gasteiger partial charge in [0.15, 0.2) is 5.78 Å². The van der Waals surface area contributed by atoms with Crippen LogP contribution in [0.4, 0.5) is 0 Å². The van der Waals surface area contributed by atoms with Gasteiger partial charge in [0.2, 0.25) is 5.91 Å². The largest absolute Gasteiger partial charge is 0.352 e. The molecule has 1 fully saturated rings. The summed E-state index contributed by atoms with van der Waals surface area (Å²) in [6.07, 6.45) is 2.02. The Morgan fingerprint density at radius 3 is 2.04 bits per heavy atom. The predicted molar refractivity (Wildman–Crippen MR) is 89.8 cm³/mol. The number of carbonyl (C=O) groups is 3. The number of nitrogens with one attached hydrogen (secondary N) is 2. The molecule has 0 unspecified atom stereocenters. The standard InChI is InChI=1S/C19H18N2O3/c22-17(21-16-10-11-16)12-20-19(24)15-8-6-14(7-9-15)18(23)13-4-2-1-3-5-13/h1-9,16H,10-12H2,(H,20,24)(H,21,22). The van der Waals surface area contributed by atoms with Gasteiger partial charge >= 0.3 is 0 Å². The van der Waals surface area contributed by atoms with E-state index in [1.807, 2.05) is 18.2 Å². The fourth-order valence-corrected chi connectivity index (χ4v) is 2.30. The average Bonchev–Trinajstić information content (AvgIpc) is 3.44. The number of ketones is 1. The van der Waals surface area contributed by atoms with Gasteiger partial charge in [-0.2, -0.15) is 0 Å². The van der Waals surface area contributed by atoms with Crippen LogP contribution < -0.4 is 10.6 Å². The van der Waals surface area contributed by atoms with Gasteiger partial charge in [-0.1, -0.05) is 42.5 Å². The summed E-state index contributed by atoms with van der Waals surface area (Å²) in [5.41, 5.74) is 1.54. The highest BCUT2D eigenvalue weighted by molar-refractivity contribution is 6.09. The molecule has 0 atom stereocenters. The highest BCUT2D eigenvalue weighted by Crippen LogP contribution is 2.18. The van der Waals surface area contributed by atoms with Crippen molar-refractivity contribution in [2.24, 2.45) is 0 Å². The van der Waals surface area contributed by atoms with Gasteiger partial charge in [0, 0.05) is 22.7 Å². The molecule has 1 saturated carbocycles. The maximum atomic E-state index is 12.3. The maximum Gasteiger partial charge on any atom is 0.251 e. The third kappa shape index (κ3) is 4.07. The smallest absolute Gasteiger partial charge is 0.251 e. The van der Waals surface area contributed by atoms with Gasteiger partial charge in [-0.3, -0.25) is 14.4 Å². The van der Waals surface area contributed by atoms with E-state index >= 15 is 0 Å². The molecule has 1 aliphatic rings. The van der Waals surface area contributed by atoms with Crippen LogP contribution in [0.5, 0.6) is 0 Å². The van der Waals surface area contributed by atoms with Crippen molar-refractivity contribution >= 4 is 17.6 Å². The van der Waals surface area contributed by atoms with E-state index in [-0.39, 0.29) is 30.2 Å². The summed E-state index contributed by atoms with van der Waals surface area (Å²) in [5.74, 6) is -0.604. The predicted octanol–water partition coefficient (Wildman–Crippen LogP) is 1.93. The average molecular weight is 322 g/mol. The van der Waals surface area contributed by atoms with E-state index in [1.54, 1.807) is 36.4 Å². The summed E-state index contributed by atoms with van der Waals surface area (Å²) in [6, 6.07) is 15.7. The zero-order valence-corrected chi connectivity index (χ0v) is 13.1. The molecule has 2 aromatic rings. The van der Waals surface area contributed by atoms with Gasteiger partial charge in [-0.25, -0.2) is 0 Å². The molecule has 2 N–H and O–H groups in total. The normalized spacial score (nSPS) is 13.2. The molecule has 1 aliphatic carbocycles. The first-order valence-electron chi connectivity index (χ1n) is 7.91. The van der Waals surface area contributed by atoms with Crippen molar-refractivity contribution in [1.29, 1.82) is 0 Å². The lowest BCUT2D eigenvalue weighted by Crippen LogP contribution is -2.37. The van der Waals surface area contributed by atoms with Crippen molar-refractivity contribution in [1.82, 2.24) is 10.6 Å². The molecule has 0 heterocycles. The molecule has 0 bridgehead atoms. The van der Waals surface area contributed by atoms with Gasteiger partial charge in [0.05, 0.1) is 6.54 Å². The van der Waals surface area contributed by atoms with Gasteiger partial charge < -0.3 is 10.6 Å². The topological polar surface area (TPSA) is 75.3 Å². The van der Waals surface area contributed by atoms with Gasteiger partial charge in [0.25, 0.3) is 5.91 Å². The monoisotopic (exact) mass is 322 g/mol. The number of hydrogen-bond acceptors (Lipinski definition) is 3. The molecule has 5 heteroatoms. The third-order valence-electron chi connectivity index (χ3n) is 3.80. The second-order valence-corrected chi connectivity index (χ2v) is 5.80. The number of rotatable bonds is 6. The summed E-state index contributed by atoms with van der Waals surface area (Å²) in [7, 11) is 0. The lowest BCUT2D eigenvalue weighted by atomic mass is 10.0. The summed E-state index contributed by atoms with van der Waals surface area (Å²) >= 11 is 0. The third-order valence-corrected chi connectivity index (χ3v) is 3.80. The van der Waals surface area contributed by atoms with Crippen molar-refractivity contribution < 1.29 is 14.4 Å². The zero-order valence-electron chi connectivity index (χ0n) is 13.1. The van der Waals surface area contributed by atoms with E-state index in [1.165, 1.54) is 0 Å². The van der Waals surface area contributed by atoms with Gasteiger partial charge in [-0.15, -0.1) is 0 Å². The lowest BCUT2D eigenvalue weighted by Gasteiger charge is -2.07.